The van der Waals surface area contributed by atoms with E-state index in [1.807, 2.05) is 55.5 Å². The average molecular weight is 617 g/mol. The molecule has 3 aliphatic heterocycles. The monoisotopic (exact) mass is 616 g/mol. The van der Waals surface area contributed by atoms with Crippen LogP contribution in [0.25, 0.3) is 0 Å². The smallest absolute Gasteiger partial charge is 0.327 e. The van der Waals surface area contributed by atoms with Gasteiger partial charge in [0, 0.05) is 37.4 Å². The number of carbonyl (C=O) groups is 3. The number of hydrogen-bond acceptors (Lipinski definition) is 7. The van der Waals surface area contributed by atoms with E-state index in [0.29, 0.717) is 47.3 Å². The molecule has 1 saturated heterocycles. The number of likely N-dealkylation sites (N-methyl/N-ethyl adjacent to an activating group) is 1. The molecule has 2 aromatic carbocycles. The first-order valence-corrected chi connectivity index (χ1v) is 15.4. The number of aryl methyl sites for hydroxylation is 1. The predicted octanol–water partition coefficient (Wildman–Crippen LogP) is 4.74. The molecule has 6 rings (SSSR count). The highest BCUT2D eigenvalue weighted by Gasteiger charge is 2.47. The molecule has 0 saturated carbocycles. The van der Waals surface area contributed by atoms with E-state index in [-0.39, 0.29) is 31.1 Å². The lowest BCUT2D eigenvalue weighted by Gasteiger charge is -2.36. The summed E-state index contributed by atoms with van der Waals surface area (Å²) < 4.78 is 20.3. The van der Waals surface area contributed by atoms with Gasteiger partial charge in [0.25, 0.3) is 5.91 Å². The van der Waals surface area contributed by atoms with Gasteiger partial charge in [0.1, 0.15) is 21.8 Å². The Hall–Kier alpha value is -4.42. The molecular weight excluding hydrogens is 583 g/mol. The summed E-state index contributed by atoms with van der Waals surface area (Å²) in [6.45, 7) is 2.81. The zero-order chi connectivity index (χ0) is 30.8. The van der Waals surface area contributed by atoms with Crippen molar-refractivity contribution < 1.29 is 23.5 Å². The van der Waals surface area contributed by atoms with Gasteiger partial charge in [0.05, 0.1) is 17.4 Å². The number of nitrogens with zero attached hydrogens (tertiary/aromatic N) is 3. The third-order valence-corrected chi connectivity index (χ3v) is 9.19. The quantitative estimate of drug-likeness (QED) is 0.313. The summed E-state index contributed by atoms with van der Waals surface area (Å²) in [5.41, 5.74) is 2.99. The second kappa shape index (κ2) is 12.7. The number of likely N-dealkylation sites (tertiary alicyclic amines) is 1. The molecule has 4 amide bonds. The molecule has 3 aromatic rings. The van der Waals surface area contributed by atoms with E-state index >= 15 is 0 Å². The number of rotatable bonds is 8. The van der Waals surface area contributed by atoms with Gasteiger partial charge in [-0.15, -0.1) is 0 Å². The number of thioether (sulfide) groups is 1. The molecule has 12 heteroatoms. The number of amides is 4. The largest absolute Gasteiger partial charge is 0.457 e. The number of nitrogens with one attached hydrogen (secondary N) is 3. The lowest BCUT2D eigenvalue weighted by Crippen LogP contribution is -2.53. The van der Waals surface area contributed by atoms with Gasteiger partial charge in [0.15, 0.2) is 5.83 Å². The molecule has 1 aromatic heterocycles. The van der Waals surface area contributed by atoms with Gasteiger partial charge in [-0.3, -0.25) is 14.5 Å². The number of aromatic nitrogens is 1. The van der Waals surface area contributed by atoms with Gasteiger partial charge in [-0.05, 0) is 74.9 Å². The highest BCUT2D eigenvalue weighted by molar-refractivity contribution is 8.01. The van der Waals surface area contributed by atoms with E-state index in [9.17, 15) is 18.8 Å². The standard InChI is InChI=1S/C32H33FN6O4S/c1-19-17-22(43-21-8-4-3-5-9-21)10-11-24(19)39-25-13-15-35-30-26(25)27(37-32(39)42)28(44-30)29(40)36-20-7-6-16-38(18-20)31(41)23(33)12-14-34-2/h3-5,8-13,15,17,20,27-28,34H,6-7,14,16,18H2,1-2H3,(H,36,40)(H,37,42)/b23-12-/t20?,27?,28-/m1/s1. The third kappa shape index (κ3) is 5.87. The fourth-order valence-corrected chi connectivity index (χ4v) is 7.06. The Morgan fingerprint density at radius 2 is 1.98 bits per heavy atom. The van der Waals surface area contributed by atoms with Crippen molar-refractivity contribution in [2.24, 2.45) is 0 Å². The van der Waals surface area contributed by atoms with Crippen molar-refractivity contribution in [2.75, 3.05) is 31.6 Å². The Bertz CT molecular complexity index is 1620. The Balaban J connectivity index is 1.18. The molecule has 4 heterocycles. The van der Waals surface area contributed by atoms with E-state index in [1.165, 1.54) is 22.7 Å². The molecule has 1 fully saturated rings. The second-order valence-corrected chi connectivity index (χ2v) is 12.1. The summed E-state index contributed by atoms with van der Waals surface area (Å²) in [5, 5.41) is 8.91. The summed E-state index contributed by atoms with van der Waals surface area (Å²) in [6.07, 6.45) is 4.17. The lowest BCUT2D eigenvalue weighted by atomic mass is 9.98. The Morgan fingerprint density at radius 3 is 2.75 bits per heavy atom. The van der Waals surface area contributed by atoms with Gasteiger partial charge in [-0.2, -0.15) is 0 Å². The van der Waals surface area contributed by atoms with E-state index in [4.69, 9.17) is 4.74 Å². The number of benzene rings is 2. The number of piperidine rings is 1. The van der Waals surface area contributed by atoms with Crippen LogP contribution in [-0.2, 0) is 9.59 Å². The summed E-state index contributed by atoms with van der Waals surface area (Å²) in [7, 11) is 1.67. The van der Waals surface area contributed by atoms with Crippen molar-refractivity contribution in [2.45, 2.75) is 42.1 Å². The number of urea groups is 1. The van der Waals surface area contributed by atoms with Gasteiger partial charge < -0.3 is 25.6 Å². The van der Waals surface area contributed by atoms with Crippen molar-refractivity contribution >= 4 is 41.0 Å². The molecule has 3 atom stereocenters. The Kier molecular flexibility index (Phi) is 8.53. The third-order valence-electron chi connectivity index (χ3n) is 7.90. The van der Waals surface area contributed by atoms with E-state index in [1.54, 1.807) is 24.2 Å². The van der Waals surface area contributed by atoms with Crippen LogP contribution in [0.15, 0.2) is 77.7 Å². The van der Waals surface area contributed by atoms with E-state index in [0.717, 1.165) is 11.1 Å². The zero-order valence-electron chi connectivity index (χ0n) is 24.4. The molecule has 0 aliphatic carbocycles. The fraction of sp³-hybridized carbons (Fsp3) is 0.312. The van der Waals surface area contributed by atoms with Gasteiger partial charge in [0.2, 0.25) is 5.91 Å². The highest BCUT2D eigenvalue weighted by Crippen LogP contribution is 2.51. The zero-order valence-corrected chi connectivity index (χ0v) is 25.2. The topological polar surface area (TPSA) is 116 Å². The summed E-state index contributed by atoms with van der Waals surface area (Å²) in [5.74, 6) is -0.380. The van der Waals surface area contributed by atoms with Crippen LogP contribution < -0.4 is 25.6 Å². The first kappa shape index (κ1) is 29.6. The molecule has 3 aliphatic rings. The van der Waals surface area contributed by atoms with Crippen molar-refractivity contribution in [3.8, 4) is 11.5 Å². The minimum Gasteiger partial charge on any atom is -0.457 e. The number of hydrogen-bond donors (Lipinski definition) is 3. The SMILES string of the molecule is CNC/C=C(\F)C(=O)N1CCCC(NC(=O)[C@@H]2Sc3nccc4c3C2NC(=O)N4c2ccc(Oc3ccccc3)cc2C)C1. The Labute approximate surface area is 259 Å². The van der Waals surface area contributed by atoms with Crippen molar-refractivity contribution in [1.29, 1.82) is 0 Å². The fourth-order valence-electron chi connectivity index (χ4n) is 5.82. The molecule has 44 heavy (non-hydrogen) atoms. The molecule has 228 valence electrons. The van der Waals surface area contributed by atoms with Gasteiger partial charge >= 0.3 is 6.03 Å². The van der Waals surface area contributed by atoms with Crippen LogP contribution in [0.2, 0.25) is 0 Å². The molecule has 0 spiro atoms. The minimum atomic E-state index is -0.810. The number of halogens is 1. The molecular formula is C32H33FN6O4S. The maximum absolute atomic E-state index is 14.3. The van der Waals surface area contributed by atoms with Crippen molar-refractivity contribution in [3.63, 3.8) is 0 Å². The Morgan fingerprint density at radius 1 is 1.16 bits per heavy atom. The van der Waals surface area contributed by atoms with Gasteiger partial charge in [-0.25, -0.2) is 14.2 Å². The number of ether oxygens (including phenoxy) is 1. The van der Waals surface area contributed by atoms with Crippen LogP contribution in [-0.4, -0.2) is 65.7 Å². The number of pyridine rings is 1. The maximum Gasteiger partial charge on any atom is 0.327 e. The average Bonchev–Trinajstić information content (AvgIpc) is 3.40. The predicted molar refractivity (Wildman–Crippen MR) is 166 cm³/mol. The molecule has 10 nitrogen and oxygen atoms in total. The first-order chi connectivity index (χ1) is 21.3. The molecule has 2 unspecified atom stereocenters. The first-order valence-electron chi connectivity index (χ1n) is 14.5. The van der Waals surface area contributed by atoms with Crippen LogP contribution in [0.3, 0.4) is 0 Å². The molecule has 3 N–H and O–H groups in total. The lowest BCUT2D eigenvalue weighted by molar-refractivity contribution is -0.131. The van der Waals surface area contributed by atoms with Crippen LogP contribution in [0.1, 0.15) is 30.0 Å². The number of carbonyl (C=O) groups excluding carboxylic acids is 3. The number of anilines is 2. The maximum atomic E-state index is 14.3. The van der Waals surface area contributed by atoms with E-state index < -0.39 is 23.0 Å². The van der Waals surface area contributed by atoms with Crippen LogP contribution in [0, 0.1) is 6.92 Å². The van der Waals surface area contributed by atoms with Gasteiger partial charge in [-0.1, -0.05) is 30.0 Å². The molecule has 0 radical (unpaired) electrons. The number of para-hydroxylation sites is 1. The van der Waals surface area contributed by atoms with E-state index in [2.05, 4.69) is 20.9 Å². The summed E-state index contributed by atoms with van der Waals surface area (Å²) in [4.78, 5) is 47.4. The van der Waals surface area contributed by atoms with Crippen LogP contribution in [0.4, 0.5) is 20.6 Å². The van der Waals surface area contributed by atoms with Crippen LogP contribution >= 0.6 is 11.8 Å². The van der Waals surface area contributed by atoms with Crippen LogP contribution in [0.5, 0.6) is 11.5 Å². The van der Waals surface area contributed by atoms with Crippen molar-refractivity contribution in [1.82, 2.24) is 25.8 Å². The minimum absolute atomic E-state index is 0.216. The summed E-state index contributed by atoms with van der Waals surface area (Å²) >= 11 is 1.31. The molecule has 0 bridgehead atoms. The second-order valence-electron chi connectivity index (χ2n) is 10.9. The van der Waals surface area contributed by atoms with Crippen molar-refractivity contribution in [3.05, 3.63) is 83.8 Å². The summed E-state index contributed by atoms with van der Waals surface area (Å²) in [6, 6.07) is 15.6. The normalized spacial score (nSPS) is 21.0. The highest BCUT2D eigenvalue weighted by atomic mass is 32.2.